The molecule has 0 amide bonds. The SMILES string of the molecule is CC/C=C\C/C=C\C/C=C\CCCCCCCCOCC(COP(=O)(O)OC1C(O)C(O)C(O)C(O)C1O)OC(=O)CCCCCCCCCCCCCCCCCCCCCCCC. The van der Waals surface area contributed by atoms with Crippen LogP contribution in [0.1, 0.15) is 226 Å². The van der Waals surface area contributed by atoms with E-state index in [4.69, 9.17) is 18.5 Å². The summed E-state index contributed by atoms with van der Waals surface area (Å²) in [5.41, 5.74) is 0. The van der Waals surface area contributed by atoms with Gasteiger partial charge >= 0.3 is 13.8 Å². The van der Waals surface area contributed by atoms with Gasteiger partial charge in [-0.05, 0) is 44.9 Å². The number of phosphoric ester groups is 1. The number of unbranched alkanes of at least 4 members (excludes halogenated alkanes) is 27. The van der Waals surface area contributed by atoms with Crippen molar-refractivity contribution >= 4 is 13.8 Å². The molecule has 0 radical (unpaired) electrons. The Morgan fingerprint density at radius 2 is 0.908 bits per heavy atom. The zero-order chi connectivity index (χ0) is 47.6. The first kappa shape index (κ1) is 61.6. The number of esters is 1. The topological polar surface area (TPSA) is 192 Å². The molecular weight excluding hydrogens is 848 g/mol. The van der Waals surface area contributed by atoms with Crippen molar-refractivity contribution in [2.75, 3.05) is 19.8 Å². The monoisotopic (exact) mass is 945 g/mol. The Labute approximate surface area is 395 Å². The van der Waals surface area contributed by atoms with Crippen LogP contribution < -0.4 is 0 Å². The van der Waals surface area contributed by atoms with Crippen molar-refractivity contribution in [1.29, 1.82) is 0 Å². The van der Waals surface area contributed by atoms with Crippen molar-refractivity contribution in [3.05, 3.63) is 36.5 Å². The molecule has 1 saturated carbocycles. The molecule has 0 aromatic heterocycles. The van der Waals surface area contributed by atoms with Gasteiger partial charge in [0.15, 0.2) is 0 Å². The molecule has 13 heteroatoms. The summed E-state index contributed by atoms with van der Waals surface area (Å²) in [4.78, 5) is 23.3. The van der Waals surface area contributed by atoms with Crippen LogP contribution in [-0.4, -0.2) is 98.9 Å². The zero-order valence-electron chi connectivity index (χ0n) is 41.0. The molecular formula is C52H97O12P. The van der Waals surface area contributed by atoms with Crippen LogP contribution in [0.4, 0.5) is 0 Å². The number of carbonyl (C=O) groups is 1. The first-order valence-electron chi connectivity index (χ1n) is 26.3. The third-order valence-corrected chi connectivity index (χ3v) is 13.3. The molecule has 1 fully saturated rings. The smallest absolute Gasteiger partial charge is 0.457 e. The van der Waals surface area contributed by atoms with E-state index in [-0.39, 0.29) is 13.0 Å². The molecule has 382 valence electrons. The molecule has 0 aromatic carbocycles. The Morgan fingerprint density at radius 3 is 1.38 bits per heavy atom. The summed E-state index contributed by atoms with van der Waals surface area (Å²) in [5, 5.41) is 50.3. The number of rotatable bonds is 45. The number of ether oxygens (including phenoxy) is 2. The maximum Gasteiger partial charge on any atom is 0.472 e. The first-order valence-corrected chi connectivity index (χ1v) is 27.8. The molecule has 1 aliphatic carbocycles. The van der Waals surface area contributed by atoms with E-state index < -0.39 is 63.1 Å². The number of phosphoric acid groups is 1. The Morgan fingerprint density at radius 1 is 0.508 bits per heavy atom. The highest BCUT2D eigenvalue weighted by Crippen LogP contribution is 2.47. The maximum atomic E-state index is 12.9. The van der Waals surface area contributed by atoms with Crippen LogP contribution >= 0.6 is 7.82 Å². The molecule has 12 nitrogen and oxygen atoms in total. The maximum absolute atomic E-state index is 12.9. The highest BCUT2D eigenvalue weighted by Gasteiger charge is 2.51. The van der Waals surface area contributed by atoms with Crippen LogP contribution in [0.15, 0.2) is 36.5 Å². The van der Waals surface area contributed by atoms with Crippen LogP contribution in [0.2, 0.25) is 0 Å². The van der Waals surface area contributed by atoms with Gasteiger partial charge in [0.05, 0.1) is 13.2 Å². The molecule has 1 rings (SSSR count). The van der Waals surface area contributed by atoms with Crippen LogP contribution in [0.25, 0.3) is 0 Å². The molecule has 6 atom stereocenters. The van der Waals surface area contributed by atoms with Crippen molar-refractivity contribution in [3.8, 4) is 0 Å². The lowest BCUT2D eigenvalue weighted by atomic mass is 9.85. The fourth-order valence-electron chi connectivity index (χ4n) is 8.14. The van der Waals surface area contributed by atoms with E-state index in [0.717, 1.165) is 83.5 Å². The summed E-state index contributed by atoms with van der Waals surface area (Å²) in [6, 6.07) is 0. The summed E-state index contributed by atoms with van der Waals surface area (Å²) < 4.78 is 34.3. The van der Waals surface area contributed by atoms with Crippen molar-refractivity contribution in [1.82, 2.24) is 0 Å². The molecule has 0 aliphatic heterocycles. The predicted octanol–water partition coefficient (Wildman–Crippen LogP) is 11.8. The van der Waals surface area contributed by atoms with E-state index in [2.05, 4.69) is 50.3 Å². The second-order valence-electron chi connectivity index (χ2n) is 18.4. The molecule has 6 N–H and O–H groups in total. The fourth-order valence-corrected chi connectivity index (χ4v) is 9.11. The summed E-state index contributed by atoms with van der Waals surface area (Å²) >= 11 is 0. The number of aliphatic hydroxyl groups excluding tert-OH is 5. The normalized spacial score (nSPS) is 21.8. The summed E-state index contributed by atoms with van der Waals surface area (Å²) in [6.45, 7) is 4.16. The number of allylic oxidation sites excluding steroid dienone is 6. The van der Waals surface area contributed by atoms with Crippen LogP contribution in [-0.2, 0) is 27.9 Å². The van der Waals surface area contributed by atoms with E-state index >= 15 is 0 Å². The van der Waals surface area contributed by atoms with Gasteiger partial charge in [-0.15, -0.1) is 0 Å². The van der Waals surface area contributed by atoms with Crippen molar-refractivity contribution in [3.63, 3.8) is 0 Å². The average Bonchev–Trinajstić information content (AvgIpc) is 3.29. The van der Waals surface area contributed by atoms with Crippen LogP contribution in [0.3, 0.4) is 0 Å². The highest BCUT2D eigenvalue weighted by molar-refractivity contribution is 7.47. The van der Waals surface area contributed by atoms with Gasteiger partial charge in [0.1, 0.15) is 42.7 Å². The number of carbonyl (C=O) groups excluding carboxylic acids is 1. The molecule has 0 bridgehead atoms. The van der Waals surface area contributed by atoms with Crippen LogP contribution in [0.5, 0.6) is 0 Å². The van der Waals surface area contributed by atoms with Gasteiger partial charge in [-0.25, -0.2) is 4.57 Å². The largest absolute Gasteiger partial charge is 0.472 e. The Kier molecular flexibility index (Phi) is 40.4. The van der Waals surface area contributed by atoms with Crippen molar-refractivity contribution < 1.29 is 58.3 Å². The van der Waals surface area contributed by atoms with E-state index in [1.807, 2.05) is 0 Å². The minimum absolute atomic E-state index is 0.0830. The van der Waals surface area contributed by atoms with Gasteiger partial charge in [0.2, 0.25) is 0 Å². The molecule has 6 unspecified atom stereocenters. The summed E-state index contributed by atoms with van der Waals surface area (Å²) in [7, 11) is -5.02. The Bertz CT molecular complexity index is 1210. The standard InChI is InChI=1S/C52H97O12P/c1-3-5-7-9-11-13-15-17-19-21-22-23-24-25-26-27-29-31-33-35-37-39-41-46(53)63-45(44-62-65(59,60)64-52-50(57)48(55)47(54)49(56)51(52)58)43-61-42-40-38-36-34-32-30-28-20-18-16-14-12-10-8-6-4-2/h6,8,12,14,18,20,45,47-52,54-58H,3-5,7,9-11,13,15-17,19,21-44H2,1-2H3,(H,59,60)/b8-6-,14-12-,20-18-. The number of hydrogen-bond acceptors (Lipinski definition) is 11. The number of aliphatic hydroxyl groups is 5. The molecule has 0 saturated heterocycles. The quantitative estimate of drug-likeness (QED) is 0.0147. The Hall–Kier alpha value is -1.44. The number of hydrogen-bond donors (Lipinski definition) is 6. The van der Waals surface area contributed by atoms with Gasteiger partial charge in [0.25, 0.3) is 0 Å². The van der Waals surface area contributed by atoms with E-state index in [1.54, 1.807) is 0 Å². The zero-order valence-corrected chi connectivity index (χ0v) is 41.9. The lowest BCUT2D eigenvalue weighted by molar-refractivity contribution is -0.220. The van der Waals surface area contributed by atoms with Gasteiger partial charge in [0, 0.05) is 13.0 Å². The van der Waals surface area contributed by atoms with E-state index in [0.29, 0.717) is 13.0 Å². The van der Waals surface area contributed by atoms with Gasteiger partial charge in [-0.3, -0.25) is 13.8 Å². The van der Waals surface area contributed by atoms with E-state index in [1.165, 1.54) is 116 Å². The minimum atomic E-state index is -5.02. The third-order valence-electron chi connectivity index (χ3n) is 12.3. The summed E-state index contributed by atoms with van der Waals surface area (Å²) in [6.07, 6.45) is 39.3. The van der Waals surface area contributed by atoms with E-state index in [9.17, 15) is 39.8 Å². The highest BCUT2D eigenvalue weighted by atomic mass is 31.2. The lowest BCUT2D eigenvalue weighted by Crippen LogP contribution is -2.64. The third kappa shape index (κ3) is 34.5. The molecule has 0 spiro atoms. The molecule has 0 aromatic rings. The van der Waals surface area contributed by atoms with Crippen molar-refractivity contribution in [2.45, 2.75) is 268 Å². The second-order valence-corrected chi connectivity index (χ2v) is 19.8. The van der Waals surface area contributed by atoms with Crippen LogP contribution in [0, 0.1) is 0 Å². The minimum Gasteiger partial charge on any atom is -0.457 e. The lowest BCUT2D eigenvalue weighted by Gasteiger charge is -2.41. The van der Waals surface area contributed by atoms with Gasteiger partial charge < -0.3 is 39.9 Å². The molecule has 65 heavy (non-hydrogen) atoms. The predicted molar refractivity (Wildman–Crippen MR) is 263 cm³/mol. The second kappa shape index (κ2) is 42.6. The first-order chi connectivity index (χ1) is 31.5. The fraction of sp³-hybridized carbons (Fsp3) is 0.865. The average molecular weight is 945 g/mol. The Balaban J connectivity index is 2.31. The molecule has 0 heterocycles. The summed E-state index contributed by atoms with van der Waals surface area (Å²) in [5.74, 6) is -0.478. The van der Waals surface area contributed by atoms with Crippen molar-refractivity contribution in [2.24, 2.45) is 0 Å². The van der Waals surface area contributed by atoms with Gasteiger partial charge in [-0.1, -0.05) is 211 Å². The van der Waals surface area contributed by atoms with Gasteiger partial charge in [-0.2, -0.15) is 0 Å². The molecule has 1 aliphatic rings.